The number of benzene rings is 1. The van der Waals surface area contributed by atoms with Gasteiger partial charge in [0, 0.05) is 19.3 Å². The molecule has 0 fully saturated rings. The molecule has 6 nitrogen and oxygen atoms in total. The minimum Gasteiger partial charge on any atom is -0.363 e. The van der Waals surface area contributed by atoms with Gasteiger partial charge in [0.15, 0.2) is 5.78 Å². The largest absolute Gasteiger partial charge is 0.363 e. The van der Waals surface area contributed by atoms with Crippen molar-refractivity contribution in [1.82, 2.24) is 9.63 Å². The summed E-state index contributed by atoms with van der Waals surface area (Å²) in [6, 6.07) is 11.7. The third kappa shape index (κ3) is 3.49. The quantitative estimate of drug-likeness (QED) is 0.854. The van der Waals surface area contributed by atoms with E-state index in [1.54, 1.807) is 43.6 Å². The van der Waals surface area contributed by atoms with Crippen LogP contribution >= 0.6 is 0 Å². The first-order valence-corrected chi connectivity index (χ1v) is 7.46. The van der Waals surface area contributed by atoms with Gasteiger partial charge in [-0.05, 0) is 35.4 Å². The zero-order chi connectivity index (χ0) is 17.1. The molecule has 1 aliphatic rings. The first-order chi connectivity index (χ1) is 11.5. The van der Waals surface area contributed by atoms with Crippen molar-refractivity contribution in [2.75, 3.05) is 13.1 Å². The Morgan fingerprint density at radius 3 is 2.50 bits per heavy atom. The highest BCUT2D eigenvalue weighted by Gasteiger charge is 2.23. The molecule has 0 amide bonds. The number of carbonyl (C=O) groups excluding carboxylic acids is 2. The standard InChI is InChI=1S/C18H16N2O4/c1-19-10-14(7-8-17(19)22)15-9-16(21)12-20(11-15)24-18(23)13-5-3-2-4-6-13/h2-10H,11-12H2,1H3. The zero-order valence-electron chi connectivity index (χ0n) is 13.1. The third-order valence-electron chi connectivity index (χ3n) is 3.69. The number of nitrogens with zero attached hydrogens (tertiary/aromatic N) is 2. The van der Waals surface area contributed by atoms with Crippen molar-refractivity contribution in [3.63, 3.8) is 0 Å². The second kappa shape index (κ2) is 6.64. The van der Waals surface area contributed by atoms with Crippen LogP contribution in [0.4, 0.5) is 0 Å². The van der Waals surface area contributed by atoms with E-state index in [1.165, 1.54) is 21.8 Å². The molecule has 0 radical (unpaired) electrons. The highest BCUT2D eigenvalue weighted by atomic mass is 16.7. The van der Waals surface area contributed by atoms with Gasteiger partial charge in [-0.25, -0.2) is 4.79 Å². The zero-order valence-corrected chi connectivity index (χ0v) is 13.1. The number of hydrogen-bond donors (Lipinski definition) is 0. The smallest absolute Gasteiger partial charge is 0.357 e. The molecule has 1 aromatic heterocycles. The Balaban J connectivity index is 1.77. The van der Waals surface area contributed by atoms with E-state index in [-0.39, 0.29) is 24.4 Å². The van der Waals surface area contributed by atoms with Crippen LogP contribution in [0.3, 0.4) is 0 Å². The number of aromatic nitrogens is 1. The molecule has 122 valence electrons. The van der Waals surface area contributed by atoms with Gasteiger partial charge >= 0.3 is 5.97 Å². The lowest BCUT2D eigenvalue weighted by Gasteiger charge is -2.25. The number of pyridine rings is 1. The van der Waals surface area contributed by atoms with Crippen LogP contribution in [0.15, 0.2) is 59.5 Å². The maximum atomic E-state index is 12.1. The van der Waals surface area contributed by atoms with E-state index >= 15 is 0 Å². The molecule has 1 aliphatic heterocycles. The Morgan fingerprint density at radius 1 is 1.04 bits per heavy atom. The summed E-state index contributed by atoms with van der Waals surface area (Å²) in [4.78, 5) is 40.9. The molecule has 3 rings (SSSR count). The van der Waals surface area contributed by atoms with Crippen molar-refractivity contribution in [2.24, 2.45) is 7.05 Å². The Hall–Kier alpha value is -2.99. The van der Waals surface area contributed by atoms with Gasteiger partial charge in [-0.15, -0.1) is 5.06 Å². The summed E-state index contributed by atoms with van der Waals surface area (Å²) in [5, 5.41) is 1.33. The molecule has 0 bridgehead atoms. The Kier molecular flexibility index (Phi) is 4.39. The van der Waals surface area contributed by atoms with Gasteiger partial charge in [0.2, 0.25) is 5.56 Å². The molecule has 0 spiro atoms. The molecular weight excluding hydrogens is 308 g/mol. The molecule has 0 aliphatic carbocycles. The van der Waals surface area contributed by atoms with Crippen LogP contribution in [0.1, 0.15) is 15.9 Å². The highest BCUT2D eigenvalue weighted by molar-refractivity contribution is 6.00. The van der Waals surface area contributed by atoms with Crippen LogP contribution in [0.5, 0.6) is 0 Å². The first-order valence-electron chi connectivity index (χ1n) is 7.46. The van der Waals surface area contributed by atoms with E-state index < -0.39 is 5.97 Å². The van der Waals surface area contributed by atoms with Gasteiger partial charge < -0.3 is 9.40 Å². The second-order valence-electron chi connectivity index (χ2n) is 5.55. The minimum absolute atomic E-state index is 0.00778. The number of carbonyl (C=O) groups is 2. The fraction of sp³-hybridized carbons (Fsp3) is 0.167. The van der Waals surface area contributed by atoms with Crippen LogP contribution in [-0.4, -0.2) is 34.5 Å². The average Bonchev–Trinajstić information content (AvgIpc) is 2.57. The van der Waals surface area contributed by atoms with Gasteiger partial charge in [-0.3, -0.25) is 9.59 Å². The molecule has 24 heavy (non-hydrogen) atoms. The van der Waals surface area contributed by atoms with Crippen molar-refractivity contribution < 1.29 is 14.4 Å². The van der Waals surface area contributed by atoms with Crippen LogP contribution < -0.4 is 5.56 Å². The average molecular weight is 324 g/mol. The molecule has 2 aromatic rings. The van der Waals surface area contributed by atoms with Crippen molar-refractivity contribution in [3.05, 3.63) is 76.2 Å². The van der Waals surface area contributed by atoms with Crippen molar-refractivity contribution in [3.8, 4) is 0 Å². The van der Waals surface area contributed by atoms with E-state index in [9.17, 15) is 14.4 Å². The number of hydrogen-bond acceptors (Lipinski definition) is 5. The second-order valence-corrected chi connectivity index (χ2v) is 5.55. The summed E-state index contributed by atoms with van der Waals surface area (Å²) in [6.45, 7) is 0.288. The van der Waals surface area contributed by atoms with E-state index in [4.69, 9.17) is 4.84 Å². The summed E-state index contributed by atoms with van der Waals surface area (Å²) in [6.07, 6.45) is 3.18. The van der Waals surface area contributed by atoms with Crippen LogP contribution in [0.25, 0.3) is 5.57 Å². The SMILES string of the molecule is Cn1cc(C2=CC(=O)CN(OC(=O)c3ccccc3)C2)ccc1=O. The lowest BCUT2D eigenvalue weighted by molar-refractivity contribution is -0.133. The van der Waals surface area contributed by atoms with Gasteiger partial charge in [0.1, 0.15) is 0 Å². The van der Waals surface area contributed by atoms with Crippen molar-refractivity contribution >= 4 is 17.3 Å². The normalized spacial score (nSPS) is 15.0. The topological polar surface area (TPSA) is 68.6 Å². The molecule has 0 saturated carbocycles. The molecule has 1 aromatic carbocycles. The van der Waals surface area contributed by atoms with Crippen LogP contribution in [-0.2, 0) is 16.7 Å². The first kappa shape index (κ1) is 15.9. The highest BCUT2D eigenvalue weighted by Crippen LogP contribution is 2.19. The number of rotatable bonds is 3. The van der Waals surface area contributed by atoms with Gasteiger partial charge in [0.05, 0.1) is 18.7 Å². The maximum absolute atomic E-state index is 12.1. The van der Waals surface area contributed by atoms with E-state index in [1.807, 2.05) is 6.07 Å². The molecule has 0 atom stereocenters. The summed E-state index contributed by atoms with van der Waals surface area (Å²) >= 11 is 0. The van der Waals surface area contributed by atoms with Crippen molar-refractivity contribution in [1.29, 1.82) is 0 Å². The predicted octanol–water partition coefficient (Wildman–Crippen LogP) is 1.43. The Labute approximate surface area is 138 Å². The Bertz CT molecular complexity index is 868. The van der Waals surface area contributed by atoms with Gasteiger partial charge in [-0.1, -0.05) is 18.2 Å². The summed E-state index contributed by atoms with van der Waals surface area (Å²) < 4.78 is 1.44. The molecule has 0 unspecified atom stereocenters. The van der Waals surface area contributed by atoms with E-state index in [2.05, 4.69) is 0 Å². The summed E-state index contributed by atoms with van der Waals surface area (Å²) in [5.41, 5.74) is 1.73. The number of aryl methyl sites for hydroxylation is 1. The van der Waals surface area contributed by atoms with E-state index in [0.29, 0.717) is 11.1 Å². The molecule has 2 heterocycles. The molecule has 0 saturated heterocycles. The monoisotopic (exact) mass is 324 g/mol. The molecule has 0 N–H and O–H groups in total. The van der Waals surface area contributed by atoms with E-state index in [0.717, 1.165) is 5.56 Å². The predicted molar refractivity (Wildman–Crippen MR) is 88.1 cm³/mol. The van der Waals surface area contributed by atoms with Crippen LogP contribution in [0.2, 0.25) is 0 Å². The summed E-state index contributed by atoms with van der Waals surface area (Å²) in [7, 11) is 1.64. The van der Waals surface area contributed by atoms with Gasteiger partial charge in [-0.2, -0.15) is 0 Å². The number of hydroxylamine groups is 2. The maximum Gasteiger partial charge on any atom is 0.357 e. The summed E-state index contributed by atoms with van der Waals surface area (Å²) in [5.74, 6) is -0.670. The van der Waals surface area contributed by atoms with Crippen LogP contribution in [0, 0.1) is 0 Å². The van der Waals surface area contributed by atoms with Gasteiger partial charge in [0.25, 0.3) is 0 Å². The molecular formula is C18H16N2O4. The number of ketones is 1. The lowest BCUT2D eigenvalue weighted by Crippen LogP contribution is -2.36. The molecule has 6 heteroatoms. The fourth-order valence-electron chi connectivity index (χ4n) is 2.47. The Morgan fingerprint density at radius 2 is 1.79 bits per heavy atom. The lowest BCUT2D eigenvalue weighted by atomic mass is 10.0. The minimum atomic E-state index is -0.509. The van der Waals surface area contributed by atoms with Crippen molar-refractivity contribution in [2.45, 2.75) is 0 Å². The third-order valence-corrected chi connectivity index (χ3v) is 3.69. The fourth-order valence-corrected chi connectivity index (χ4v) is 2.47.